The minimum atomic E-state index is -4.58. The summed E-state index contributed by atoms with van der Waals surface area (Å²) in [7, 11) is -2.60. The maximum absolute atomic E-state index is 14.1. The summed E-state index contributed by atoms with van der Waals surface area (Å²) in [5, 5.41) is 2.77. The van der Waals surface area contributed by atoms with Crippen molar-refractivity contribution in [2.45, 2.75) is 63.1 Å². The molecule has 2 atom stereocenters. The number of piperazine rings is 1. The quantitative estimate of drug-likeness (QED) is 0.432. The van der Waals surface area contributed by atoms with Crippen molar-refractivity contribution in [3.05, 3.63) is 59.7 Å². The van der Waals surface area contributed by atoms with Crippen LogP contribution in [0.2, 0.25) is 0 Å². The van der Waals surface area contributed by atoms with E-state index in [1.165, 1.54) is 12.1 Å². The molecule has 238 valence electrons. The molecule has 2 fully saturated rings. The highest BCUT2D eigenvalue weighted by Gasteiger charge is 2.45. The van der Waals surface area contributed by atoms with Crippen LogP contribution >= 0.6 is 0 Å². The summed E-state index contributed by atoms with van der Waals surface area (Å²) in [5.74, 6) is -1.81. The number of amides is 2. The summed E-state index contributed by atoms with van der Waals surface area (Å²) in [4.78, 5) is 55.8. The molecular weight excluding hydrogens is 588 g/mol. The van der Waals surface area contributed by atoms with E-state index in [1.54, 1.807) is 69.0 Å². The van der Waals surface area contributed by atoms with Crippen LogP contribution in [0.3, 0.4) is 0 Å². The van der Waals surface area contributed by atoms with Gasteiger partial charge in [0.25, 0.3) is 15.9 Å². The fourth-order valence-corrected chi connectivity index (χ4v) is 6.47. The number of ketones is 1. The number of hydrogen-bond donors (Lipinski definition) is 1. The first kappa shape index (κ1) is 33.1. The maximum atomic E-state index is 14.1. The minimum Gasteiger partial charge on any atom is -0.458 e. The van der Waals surface area contributed by atoms with Crippen LogP contribution in [-0.4, -0.2) is 104 Å². The van der Waals surface area contributed by atoms with Crippen LogP contribution in [0.4, 0.5) is 4.79 Å². The minimum absolute atomic E-state index is 0.0831. The normalized spacial score (nSPS) is 18.5. The van der Waals surface area contributed by atoms with E-state index in [0.717, 1.165) is 18.7 Å². The molecule has 2 aliphatic rings. The zero-order chi connectivity index (χ0) is 32.2. The van der Waals surface area contributed by atoms with Gasteiger partial charge in [0.2, 0.25) is 0 Å². The molecule has 0 aromatic heterocycles. The second kappa shape index (κ2) is 13.4. The van der Waals surface area contributed by atoms with Crippen LogP contribution in [0.25, 0.3) is 0 Å². The first-order valence-corrected chi connectivity index (χ1v) is 16.0. The first-order valence-electron chi connectivity index (χ1n) is 14.5. The van der Waals surface area contributed by atoms with Crippen LogP contribution in [0.15, 0.2) is 53.4 Å². The number of sulfonamides is 1. The predicted molar refractivity (Wildman–Crippen MR) is 161 cm³/mol. The highest BCUT2D eigenvalue weighted by atomic mass is 32.2. The number of carbonyl (C=O) groups excluding carboxylic acids is 4. The molecule has 2 aromatic carbocycles. The number of likely N-dealkylation sites (N-methyl/N-ethyl adjacent to an activating group) is 1. The monoisotopic (exact) mass is 628 g/mol. The van der Waals surface area contributed by atoms with Crippen molar-refractivity contribution >= 4 is 33.8 Å². The van der Waals surface area contributed by atoms with Gasteiger partial charge >= 0.3 is 12.1 Å². The first-order chi connectivity index (χ1) is 20.6. The number of nitrogens with one attached hydrogen (secondary N) is 1. The van der Waals surface area contributed by atoms with E-state index in [0.29, 0.717) is 23.0 Å². The molecule has 2 aromatic rings. The van der Waals surface area contributed by atoms with Crippen LogP contribution in [-0.2, 0) is 35.6 Å². The van der Waals surface area contributed by atoms with Gasteiger partial charge in [-0.25, -0.2) is 22.3 Å². The largest absolute Gasteiger partial charge is 0.458 e. The molecule has 2 saturated heterocycles. The number of esters is 1. The summed E-state index contributed by atoms with van der Waals surface area (Å²) in [6, 6.07) is 9.51. The van der Waals surface area contributed by atoms with Gasteiger partial charge in [-0.3, -0.25) is 14.9 Å². The van der Waals surface area contributed by atoms with Crippen LogP contribution in [0.5, 0.6) is 5.75 Å². The van der Waals surface area contributed by atoms with Gasteiger partial charge in [-0.1, -0.05) is 29.8 Å². The number of aryl methyl sites for hydroxylation is 1. The molecule has 2 aliphatic heterocycles. The Morgan fingerprint density at radius 2 is 1.61 bits per heavy atom. The van der Waals surface area contributed by atoms with E-state index in [4.69, 9.17) is 9.47 Å². The molecule has 2 amide bonds. The number of benzene rings is 2. The zero-order valence-corrected chi connectivity index (χ0v) is 26.6. The number of hydrogen-bond acceptors (Lipinski definition) is 10. The third kappa shape index (κ3) is 8.21. The number of rotatable bonds is 8. The molecule has 2 heterocycles. The van der Waals surface area contributed by atoms with Gasteiger partial charge in [0.05, 0.1) is 17.5 Å². The molecule has 0 bridgehead atoms. The van der Waals surface area contributed by atoms with E-state index < -0.39 is 45.7 Å². The number of Topliss-reactive ketones (excluding diaryl/α,β-unsaturated/α-hetero) is 1. The van der Waals surface area contributed by atoms with Crippen molar-refractivity contribution < 1.29 is 37.1 Å². The molecule has 0 saturated carbocycles. The smallest absolute Gasteiger partial charge is 0.415 e. The van der Waals surface area contributed by atoms with Gasteiger partial charge in [0, 0.05) is 39.0 Å². The predicted octanol–water partition coefficient (Wildman–Crippen LogP) is 2.14. The molecule has 4 rings (SSSR count). The Bertz CT molecular complexity index is 1480. The SMILES string of the molecule is Cc1ccc(S(=O)(=O)N(C(=O)[C@@H]2CC(=O)CN2)[C@@H](Cc2ccc(OC(=O)N3CCN(C)CC3)cc2)C(=O)OC(C)(C)C)cc1. The molecule has 1 N–H and O–H groups in total. The van der Waals surface area contributed by atoms with Gasteiger partial charge in [-0.2, -0.15) is 0 Å². The van der Waals surface area contributed by atoms with Gasteiger partial charge in [-0.15, -0.1) is 0 Å². The fourth-order valence-electron chi connectivity index (χ4n) is 4.90. The van der Waals surface area contributed by atoms with Gasteiger partial charge in [0.1, 0.15) is 23.2 Å². The van der Waals surface area contributed by atoms with Gasteiger partial charge < -0.3 is 19.3 Å². The van der Waals surface area contributed by atoms with Crippen molar-refractivity contribution in [3.63, 3.8) is 0 Å². The third-order valence-electron chi connectivity index (χ3n) is 7.35. The average Bonchev–Trinajstić information content (AvgIpc) is 3.39. The second-order valence-corrected chi connectivity index (χ2v) is 14.0. The summed E-state index contributed by atoms with van der Waals surface area (Å²) >= 11 is 0. The Labute approximate surface area is 258 Å². The van der Waals surface area contributed by atoms with Crippen molar-refractivity contribution in [1.29, 1.82) is 0 Å². The Morgan fingerprint density at radius 3 is 2.16 bits per heavy atom. The van der Waals surface area contributed by atoms with Crippen molar-refractivity contribution in [1.82, 2.24) is 19.4 Å². The van der Waals surface area contributed by atoms with E-state index in [-0.39, 0.29) is 35.8 Å². The van der Waals surface area contributed by atoms with Gasteiger partial charge in [-0.05, 0) is 64.6 Å². The topological polar surface area (TPSA) is 143 Å². The van der Waals surface area contributed by atoms with Crippen molar-refractivity contribution in [2.75, 3.05) is 39.8 Å². The Hall–Kier alpha value is -3.81. The average molecular weight is 629 g/mol. The summed E-state index contributed by atoms with van der Waals surface area (Å²) in [5.41, 5.74) is 0.315. The van der Waals surface area contributed by atoms with E-state index in [2.05, 4.69) is 10.2 Å². The molecule has 44 heavy (non-hydrogen) atoms. The Balaban J connectivity index is 1.66. The summed E-state index contributed by atoms with van der Waals surface area (Å²) in [6.07, 6.45) is -0.899. The van der Waals surface area contributed by atoms with E-state index in [1.807, 2.05) is 7.05 Å². The van der Waals surface area contributed by atoms with Crippen molar-refractivity contribution in [3.8, 4) is 5.75 Å². The molecular formula is C31H40N4O8S. The second-order valence-electron chi connectivity index (χ2n) is 12.2. The third-order valence-corrected chi connectivity index (χ3v) is 9.17. The van der Waals surface area contributed by atoms with Crippen molar-refractivity contribution in [2.24, 2.45) is 0 Å². The molecule has 0 spiro atoms. The van der Waals surface area contributed by atoms with Crippen LogP contribution < -0.4 is 10.1 Å². The highest BCUT2D eigenvalue weighted by Crippen LogP contribution is 2.26. The highest BCUT2D eigenvalue weighted by molar-refractivity contribution is 7.89. The molecule has 0 unspecified atom stereocenters. The Morgan fingerprint density at radius 1 is 1.00 bits per heavy atom. The molecule has 12 nitrogen and oxygen atoms in total. The molecule has 0 aliphatic carbocycles. The zero-order valence-electron chi connectivity index (χ0n) is 25.7. The van der Waals surface area contributed by atoms with E-state index >= 15 is 0 Å². The Kier molecular flexibility index (Phi) is 10.1. The lowest BCUT2D eigenvalue weighted by Gasteiger charge is -2.33. The fraction of sp³-hybridized carbons (Fsp3) is 0.484. The van der Waals surface area contributed by atoms with E-state index in [9.17, 15) is 27.6 Å². The van der Waals surface area contributed by atoms with Crippen LogP contribution in [0.1, 0.15) is 38.3 Å². The summed E-state index contributed by atoms with van der Waals surface area (Å²) in [6.45, 7) is 9.22. The molecule has 13 heteroatoms. The summed E-state index contributed by atoms with van der Waals surface area (Å²) < 4.78 is 39.9. The van der Waals surface area contributed by atoms with Gasteiger partial charge in [0.15, 0.2) is 0 Å². The molecule has 0 radical (unpaired) electrons. The lowest BCUT2D eigenvalue weighted by atomic mass is 10.0. The number of ether oxygens (including phenoxy) is 2. The lowest BCUT2D eigenvalue weighted by Crippen LogP contribution is -2.55. The number of carbonyl (C=O) groups is 4. The van der Waals surface area contributed by atoms with Crippen LogP contribution in [0, 0.1) is 6.92 Å². The lowest BCUT2D eigenvalue weighted by molar-refractivity contribution is -0.162. The maximum Gasteiger partial charge on any atom is 0.415 e. The standard InChI is InChI=1S/C31H40N4O8S/c1-21-6-12-25(13-7-21)44(40,41)35(28(37)26-19-23(36)20-32-26)27(29(38)43-31(2,3)4)18-22-8-10-24(11-9-22)42-30(39)34-16-14-33(5)15-17-34/h6-13,26-27,32H,14-20H2,1-5H3/t26-,27-/m0/s1. The number of nitrogens with zero attached hydrogens (tertiary/aromatic N) is 3.